The monoisotopic (exact) mass is 288 g/mol. The van der Waals surface area contributed by atoms with Crippen LogP contribution in [0.3, 0.4) is 0 Å². The molecule has 0 saturated heterocycles. The van der Waals surface area contributed by atoms with Crippen LogP contribution in [0, 0.1) is 40.9 Å². The molecule has 0 radical (unpaired) electrons. The topological polar surface area (TPSA) is 17.1 Å². The van der Waals surface area contributed by atoms with Gasteiger partial charge in [-0.25, -0.2) is 0 Å². The summed E-state index contributed by atoms with van der Waals surface area (Å²) in [6.45, 7) is 5.04. The fourth-order valence-corrected chi connectivity index (χ4v) is 7.44. The number of fused-ring (bicyclic) bond motifs is 5. The van der Waals surface area contributed by atoms with E-state index in [1.807, 2.05) is 0 Å². The zero-order valence-corrected chi connectivity index (χ0v) is 13.9. The van der Waals surface area contributed by atoms with Crippen LogP contribution in [0.1, 0.15) is 78.1 Å². The summed E-state index contributed by atoms with van der Waals surface area (Å²) in [6, 6.07) is 0. The van der Waals surface area contributed by atoms with E-state index in [0.29, 0.717) is 11.2 Å². The zero-order valence-electron chi connectivity index (χ0n) is 13.9. The maximum absolute atomic E-state index is 11.8. The molecule has 0 aromatic rings. The SMILES string of the molecule is CCC1CCC2C3CCC4CC(=O)CCC4C3CCC12C. The summed E-state index contributed by atoms with van der Waals surface area (Å²) in [5.41, 5.74) is 0.660. The van der Waals surface area contributed by atoms with Crippen molar-refractivity contribution in [3.63, 3.8) is 0 Å². The predicted octanol–water partition coefficient (Wildman–Crippen LogP) is 5.23. The van der Waals surface area contributed by atoms with E-state index in [2.05, 4.69) is 13.8 Å². The fraction of sp³-hybridized carbons (Fsp3) is 0.950. The van der Waals surface area contributed by atoms with Crippen molar-refractivity contribution in [2.24, 2.45) is 40.9 Å². The molecule has 0 amide bonds. The zero-order chi connectivity index (χ0) is 14.6. The Kier molecular flexibility index (Phi) is 3.47. The van der Waals surface area contributed by atoms with Gasteiger partial charge >= 0.3 is 0 Å². The van der Waals surface area contributed by atoms with Gasteiger partial charge in [-0.05, 0) is 85.9 Å². The second-order valence-corrected chi connectivity index (χ2v) is 8.94. The number of hydrogen-bond acceptors (Lipinski definition) is 1. The van der Waals surface area contributed by atoms with Crippen molar-refractivity contribution in [2.75, 3.05) is 0 Å². The molecule has 4 fully saturated rings. The van der Waals surface area contributed by atoms with Crippen LogP contribution in [0.25, 0.3) is 0 Å². The van der Waals surface area contributed by atoms with Gasteiger partial charge in [0.1, 0.15) is 5.78 Å². The Morgan fingerprint density at radius 2 is 1.86 bits per heavy atom. The molecule has 0 heterocycles. The van der Waals surface area contributed by atoms with Gasteiger partial charge in [-0.3, -0.25) is 4.79 Å². The van der Waals surface area contributed by atoms with Gasteiger partial charge in [-0.15, -0.1) is 0 Å². The minimum Gasteiger partial charge on any atom is -0.300 e. The van der Waals surface area contributed by atoms with Crippen molar-refractivity contribution in [1.82, 2.24) is 0 Å². The number of carbonyl (C=O) groups excluding carboxylic acids is 1. The number of rotatable bonds is 1. The number of hydrogen-bond donors (Lipinski definition) is 0. The van der Waals surface area contributed by atoms with E-state index in [1.165, 1.54) is 51.4 Å². The highest BCUT2D eigenvalue weighted by Gasteiger charge is 2.56. The average Bonchev–Trinajstić information content (AvgIpc) is 2.83. The first-order valence-corrected chi connectivity index (χ1v) is 9.65. The molecule has 1 nitrogen and oxygen atoms in total. The Morgan fingerprint density at radius 3 is 2.67 bits per heavy atom. The lowest BCUT2D eigenvalue weighted by Crippen LogP contribution is -2.48. The first kappa shape index (κ1) is 14.3. The second kappa shape index (κ2) is 5.10. The average molecular weight is 288 g/mol. The third kappa shape index (κ3) is 2.05. The Labute approximate surface area is 130 Å². The normalized spacial score (nSPS) is 53.0. The van der Waals surface area contributed by atoms with Crippen LogP contribution in [0.2, 0.25) is 0 Å². The lowest BCUT2D eigenvalue weighted by atomic mass is 9.49. The van der Waals surface area contributed by atoms with Crippen LogP contribution in [0.4, 0.5) is 0 Å². The van der Waals surface area contributed by atoms with Crippen molar-refractivity contribution >= 4 is 5.78 Å². The van der Waals surface area contributed by atoms with Crippen molar-refractivity contribution in [3.05, 3.63) is 0 Å². The molecule has 0 aromatic heterocycles. The fourth-order valence-electron chi connectivity index (χ4n) is 7.44. The Balaban J connectivity index is 1.56. The molecule has 118 valence electrons. The van der Waals surface area contributed by atoms with Gasteiger partial charge < -0.3 is 0 Å². The molecule has 7 atom stereocenters. The highest BCUT2D eigenvalue weighted by Crippen LogP contribution is 2.64. The summed E-state index contributed by atoms with van der Waals surface area (Å²) < 4.78 is 0. The van der Waals surface area contributed by atoms with Crippen LogP contribution in [-0.4, -0.2) is 5.78 Å². The molecule has 21 heavy (non-hydrogen) atoms. The van der Waals surface area contributed by atoms with Crippen LogP contribution < -0.4 is 0 Å². The summed E-state index contributed by atoms with van der Waals surface area (Å²) >= 11 is 0. The second-order valence-electron chi connectivity index (χ2n) is 8.94. The third-order valence-electron chi connectivity index (χ3n) is 8.45. The van der Waals surface area contributed by atoms with Crippen molar-refractivity contribution in [3.8, 4) is 0 Å². The predicted molar refractivity (Wildman–Crippen MR) is 85.9 cm³/mol. The van der Waals surface area contributed by atoms with Crippen LogP contribution in [0.5, 0.6) is 0 Å². The van der Waals surface area contributed by atoms with Gasteiger partial charge in [-0.1, -0.05) is 20.3 Å². The van der Waals surface area contributed by atoms with Gasteiger partial charge in [0.15, 0.2) is 0 Å². The highest BCUT2D eigenvalue weighted by molar-refractivity contribution is 5.79. The molecule has 0 bridgehead atoms. The van der Waals surface area contributed by atoms with Gasteiger partial charge in [0.2, 0.25) is 0 Å². The third-order valence-corrected chi connectivity index (χ3v) is 8.45. The summed E-state index contributed by atoms with van der Waals surface area (Å²) in [4.78, 5) is 11.8. The Hall–Kier alpha value is -0.330. The molecular weight excluding hydrogens is 256 g/mol. The molecular formula is C20H32O. The minimum atomic E-state index is 0.558. The van der Waals surface area contributed by atoms with Gasteiger partial charge in [0, 0.05) is 12.8 Å². The lowest BCUT2D eigenvalue weighted by Gasteiger charge is -2.55. The van der Waals surface area contributed by atoms with Crippen LogP contribution in [-0.2, 0) is 4.79 Å². The smallest absolute Gasteiger partial charge is 0.133 e. The minimum absolute atomic E-state index is 0.558. The molecule has 1 heteroatoms. The summed E-state index contributed by atoms with van der Waals surface area (Å²) in [6.07, 6.45) is 13.2. The summed E-state index contributed by atoms with van der Waals surface area (Å²) in [5.74, 6) is 6.23. The summed E-state index contributed by atoms with van der Waals surface area (Å²) in [5, 5.41) is 0. The molecule has 4 rings (SSSR count). The molecule has 4 aliphatic carbocycles. The van der Waals surface area contributed by atoms with Gasteiger partial charge in [0.05, 0.1) is 0 Å². The highest BCUT2D eigenvalue weighted by atomic mass is 16.1. The largest absolute Gasteiger partial charge is 0.300 e. The first-order chi connectivity index (χ1) is 10.1. The maximum Gasteiger partial charge on any atom is 0.133 e. The molecule has 0 spiro atoms. The molecule has 4 aliphatic rings. The van der Waals surface area contributed by atoms with Crippen molar-refractivity contribution < 1.29 is 4.79 Å². The molecule has 4 saturated carbocycles. The van der Waals surface area contributed by atoms with E-state index < -0.39 is 0 Å². The molecule has 0 aromatic carbocycles. The number of Topliss-reactive ketones (excluding diaryl/α,β-unsaturated/α-hetero) is 1. The van der Waals surface area contributed by atoms with E-state index in [9.17, 15) is 4.79 Å². The lowest BCUT2D eigenvalue weighted by molar-refractivity contribution is -0.127. The Bertz CT molecular complexity index is 428. The number of carbonyl (C=O) groups is 1. The number of ketones is 1. The van der Waals surface area contributed by atoms with Gasteiger partial charge in [-0.2, -0.15) is 0 Å². The van der Waals surface area contributed by atoms with Gasteiger partial charge in [0.25, 0.3) is 0 Å². The van der Waals surface area contributed by atoms with E-state index in [1.54, 1.807) is 0 Å². The van der Waals surface area contributed by atoms with E-state index in [4.69, 9.17) is 0 Å². The van der Waals surface area contributed by atoms with Crippen molar-refractivity contribution in [1.29, 1.82) is 0 Å². The van der Waals surface area contributed by atoms with Crippen molar-refractivity contribution in [2.45, 2.75) is 78.1 Å². The molecule has 0 N–H and O–H groups in total. The van der Waals surface area contributed by atoms with E-state index >= 15 is 0 Å². The maximum atomic E-state index is 11.8. The standard InChI is InChI=1S/C20H32O/c1-3-14-5-9-19-18-7-4-13-12-15(21)6-8-16(13)17(18)10-11-20(14,19)2/h13-14,16-19H,3-12H2,1-2H3. The Morgan fingerprint density at radius 1 is 1.00 bits per heavy atom. The molecule has 0 aliphatic heterocycles. The van der Waals surface area contributed by atoms with Crippen LogP contribution >= 0.6 is 0 Å². The first-order valence-electron chi connectivity index (χ1n) is 9.65. The van der Waals surface area contributed by atoms with E-state index in [-0.39, 0.29) is 0 Å². The van der Waals surface area contributed by atoms with Crippen LogP contribution in [0.15, 0.2) is 0 Å². The van der Waals surface area contributed by atoms with E-state index in [0.717, 1.165) is 48.3 Å². The quantitative estimate of drug-likeness (QED) is 0.645. The molecule has 7 unspecified atom stereocenters. The summed E-state index contributed by atoms with van der Waals surface area (Å²) in [7, 11) is 0.